The Balaban J connectivity index is 2.49. The Hall–Kier alpha value is -1.13. The maximum atomic E-state index is 5.33. The van der Waals surface area contributed by atoms with Crippen LogP contribution in [0.4, 0.5) is 5.69 Å². The van der Waals surface area contributed by atoms with Crippen LogP contribution in [0.15, 0.2) is 30.3 Å². The van der Waals surface area contributed by atoms with Gasteiger partial charge in [-0.2, -0.15) is 0 Å². The highest BCUT2D eigenvalue weighted by Gasteiger charge is 2.06. The van der Waals surface area contributed by atoms with Crippen molar-refractivity contribution in [3.05, 3.63) is 30.3 Å². The van der Waals surface area contributed by atoms with E-state index in [1.165, 1.54) is 0 Å². The second-order valence-electron chi connectivity index (χ2n) is 3.37. The number of likely N-dealkylation sites (N-methyl/N-ethyl adjacent to an activating group) is 1. The Kier molecular flexibility index (Phi) is 5.82. The van der Waals surface area contributed by atoms with Gasteiger partial charge in [-0.25, -0.2) is 0 Å². The van der Waals surface area contributed by atoms with Crippen molar-refractivity contribution in [1.29, 1.82) is 0 Å². The maximum absolute atomic E-state index is 5.33. The number of hydrogen-bond donors (Lipinski definition) is 1. The summed E-state index contributed by atoms with van der Waals surface area (Å²) in [6, 6.07) is 9.94. The lowest BCUT2D eigenvalue weighted by molar-refractivity contribution is 0.178. The Morgan fingerprint density at radius 1 is 1.38 bits per heavy atom. The summed E-state index contributed by atoms with van der Waals surface area (Å²) in [5.41, 5.74) is 1.02. The second kappa shape index (κ2) is 7.19. The molecule has 0 aromatic heterocycles. The van der Waals surface area contributed by atoms with E-state index < -0.39 is 0 Å². The number of ether oxygens (including phenoxy) is 1. The monoisotopic (exact) mass is 238 g/mol. The summed E-state index contributed by atoms with van der Waals surface area (Å²) in [5.74, 6) is 0. The number of anilines is 1. The maximum Gasteiger partial charge on any atom is 0.173 e. The van der Waals surface area contributed by atoms with Crippen LogP contribution < -0.4 is 5.32 Å². The fourth-order valence-electron chi connectivity index (χ4n) is 1.33. The first-order valence-corrected chi connectivity index (χ1v) is 5.78. The molecular formula is C12H18N2OS. The molecule has 0 saturated heterocycles. The van der Waals surface area contributed by atoms with E-state index >= 15 is 0 Å². The van der Waals surface area contributed by atoms with Crippen LogP contribution in [0.1, 0.15) is 6.92 Å². The summed E-state index contributed by atoms with van der Waals surface area (Å²) in [4.78, 5) is 2.08. The van der Waals surface area contributed by atoms with Crippen molar-refractivity contribution in [2.45, 2.75) is 6.92 Å². The Morgan fingerprint density at radius 2 is 2.06 bits per heavy atom. The van der Waals surface area contributed by atoms with Gasteiger partial charge in [-0.3, -0.25) is 0 Å². The van der Waals surface area contributed by atoms with E-state index in [1.54, 1.807) is 7.11 Å². The molecule has 1 N–H and O–H groups in total. The zero-order valence-corrected chi connectivity index (χ0v) is 10.6. The summed E-state index contributed by atoms with van der Waals surface area (Å²) < 4.78 is 5.05. The first-order chi connectivity index (χ1) is 7.77. The fourth-order valence-corrected chi connectivity index (χ4v) is 1.67. The summed E-state index contributed by atoms with van der Waals surface area (Å²) in [6.07, 6.45) is 0. The number of nitrogens with one attached hydrogen (secondary N) is 1. The van der Waals surface area contributed by atoms with Crippen molar-refractivity contribution in [3.63, 3.8) is 0 Å². The third-order valence-corrected chi connectivity index (χ3v) is 2.62. The normalized spacial score (nSPS) is 9.88. The fraction of sp³-hybridized carbons (Fsp3) is 0.417. The molecule has 0 spiro atoms. The molecule has 0 aliphatic carbocycles. The van der Waals surface area contributed by atoms with Gasteiger partial charge < -0.3 is 15.0 Å². The van der Waals surface area contributed by atoms with E-state index in [0.717, 1.165) is 23.9 Å². The summed E-state index contributed by atoms with van der Waals surface area (Å²) in [7, 11) is 1.70. The van der Waals surface area contributed by atoms with Crippen molar-refractivity contribution in [2.75, 3.05) is 32.1 Å². The van der Waals surface area contributed by atoms with Crippen LogP contribution in [-0.2, 0) is 4.74 Å². The third-order valence-electron chi connectivity index (χ3n) is 2.26. The predicted molar refractivity (Wildman–Crippen MR) is 71.8 cm³/mol. The first kappa shape index (κ1) is 12.9. The van der Waals surface area contributed by atoms with Crippen LogP contribution in [0.5, 0.6) is 0 Å². The van der Waals surface area contributed by atoms with Crippen molar-refractivity contribution in [3.8, 4) is 0 Å². The third kappa shape index (κ3) is 4.16. The SMILES string of the molecule is CCN(CCOC)C(=S)Nc1ccccc1. The van der Waals surface area contributed by atoms with Crippen LogP contribution in [0.2, 0.25) is 0 Å². The summed E-state index contributed by atoms with van der Waals surface area (Å²) >= 11 is 5.33. The number of para-hydroxylation sites is 1. The van der Waals surface area contributed by atoms with Crippen molar-refractivity contribution in [2.24, 2.45) is 0 Å². The zero-order chi connectivity index (χ0) is 11.8. The highest BCUT2D eigenvalue weighted by Crippen LogP contribution is 2.06. The number of benzene rings is 1. The Bertz CT molecular complexity index is 316. The lowest BCUT2D eigenvalue weighted by Gasteiger charge is -2.23. The molecule has 0 radical (unpaired) electrons. The molecular weight excluding hydrogens is 220 g/mol. The van der Waals surface area contributed by atoms with Gasteiger partial charge in [0.05, 0.1) is 6.61 Å². The van der Waals surface area contributed by atoms with Gasteiger partial charge in [0.15, 0.2) is 5.11 Å². The average Bonchev–Trinajstić information content (AvgIpc) is 2.31. The van der Waals surface area contributed by atoms with E-state index in [-0.39, 0.29) is 0 Å². The molecule has 1 aromatic rings. The van der Waals surface area contributed by atoms with E-state index in [1.807, 2.05) is 30.3 Å². The quantitative estimate of drug-likeness (QED) is 0.796. The molecule has 0 aliphatic heterocycles. The number of thiocarbonyl (C=S) groups is 1. The van der Waals surface area contributed by atoms with Crippen molar-refractivity contribution in [1.82, 2.24) is 4.90 Å². The highest BCUT2D eigenvalue weighted by molar-refractivity contribution is 7.80. The molecule has 0 amide bonds. The molecule has 0 fully saturated rings. The average molecular weight is 238 g/mol. The lowest BCUT2D eigenvalue weighted by Crippen LogP contribution is -2.36. The molecule has 88 valence electrons. The second-order valence-corrected chi connectivity index (χ2v) is 3.76. The molecule has 0 heterocycles. The van der Waals surface area contributed by atoms with Gasteiger partial charge >= 0.3 is 0 Å². The topological polar surface area (TPSA) is 24.5 Å². The standard InChI is InChI=1S/C12H18N2OS/c1-3-14(9-10-15-2)12(16)13-11-7-5-4-6-8-11/h4-8H,3,9-10H2,1-2H3,(H,13,16). The predicted octanol–water partition coefficient (Wildman–Crippen LogP) is 2.35. The van der Waals surface area contributed by atoms with Crippen molar-refractivity contribution < 1.29 is 4.74 Å². The van der Waals surface area contributed by atoms with Gasteiger partial charge in [0.25, 0.3) is 0 Å². The molecule has 0 saturated carbocycles. The molecule has 1 aromatic carbocycles. The number of hydrogen-bond acceptors (Lipinski definition) is 2. The number of rotatable bonds is 5. The van der Waals surface area contributed by atoms with Crippen molar-refractivity contribution >= 4 is 23.0 Å². The van der Waals surface area contributed by atoms with Gasteiger partial charge in [0.2, 0.25) is 0 Å². The first-order valence-electron chi connectivity index (χ1n) is 5.37. The van der Waals surface area contributed by atoms with Gasteiger partial charge in [0.1, 0.15) is 0 Å². The summed E-state index contributed by atoms with van der Waals surface area (Å²) in [6.45, 7) is 4.45. The van der Waals surface area contributed by atoms with Crippen LogP contribution >= 0.6 is 12.2 Å². The zero-order valence-electron chi connectivity index (χ0n) is 9.77. The molecule has 1 rings (SSSR count). The number of methoxy groups -OCH3 is 1. The smallest absolute Gasteiger partial charge is 0.173 e. The van der Waals surface area contributed by atoms with E-state index in [2.05, 4.69) is 17.1 Å². The van der Waals surface area contributed by atoms with E-state index in [9.17, 15) is 0 Å². The van der Waals surface area contributed by atoms with E-state index in [0.29, 0.717) is 6.61 Å². The largest absolute Gasteiger partial charge is 0.383 e. The van der Waals surface area contributed by atoms with Gasteiger partial charge in [0, 0.05) is 25.9 Å². The minimum absolute atomic E-state index is 0.685. The lowest BCUT2D eigenvalue weighted by atomic mass is 10.3. The minimum atomic E-state index is 0.685. The van der Waals surface area contributed by atoms with Gasteiger partial charge in [-0.15, -0.1) is 0 Å². The van der Waals surface area contributed by atoms with Crippen LogP contribution in [-0.4, -0.2) is 36.8 Å². The number of nitrogens with zero attached hydrogens (tertiary/aromatic N) is 1. The molecule has 0 atom stereocenters. The van der Waals surface area contributed by atoms with Gasteiger partial charge in [-0.05, 0) is 31.3 Å². The van der Waals surface area contributed by atoms with E-state index in [4.69, 9.17) is 17.0 Å². The molecule has 0 bridgehead atoms. The highest BCUT2D eigenvalue weighted by atomic mass is 32.1. The molecule has 16 heavy (non-hydrogen) atoms. The Morgan fingerprint density at radius 3 is 2.62 bits per heavy atom. The Labute approximate surface area is 102 Å². The minimum Gasteiger partial charge on any atom is -0.383 e. The molecule has 4 heteroatoms. The summed E-state index contributed by atoms with van der Waals surface area (Å²) in [5, 5.41) is 3.95. The molecule has 0 aliphatic rings. The van der Waals surface area contributed by atoms with Crippen LogP contribution in [0.3, 0.4) is 0 Å². The van der Waals surface area contributed by atoms with Gasteiger partial charge in [-0.1, -0.05) is 18.2 Å². The molecule has 3 nitrogen and oxygen atoms in total. The van der Waals surface area contributed by atoms with Crippen LogP contribution in [0, 0.1) is 0 Å². The van der Waals surface area contributed by atoms with Crippen LogP contribution in [0.25, 0.3) is 0 Å². The molecule has 0 unspecified atom stereocenters.